The number of rotatable bonds is 4. The topological polar surface area (TPSA) is 35.5 Å². The van der Waals surface area contributed by atoms with Crippen molar-refractivity contribution in [3.63, 3.8) is 0 Å². The first kappa shape index (κ1) is 12.2. The number of carbonyl (C=O) groups excluding carboxylic acids is 1. The van der Waals surface area contributed by atoms with Gasteiger partial charge in [0.15, 0.2) is 0 Å². The molecule has 1 heterocycles. The molecule has 0 fully saturated rings. The van der Waals surface area contributed by atoms with Crippen molar-refractivity contribution in [3.8, 4) is 0 Å². The number of fused-ring (bicyclic) bond motifs is 1. The lowest BCUT2D eigenvalue weighted by molar-refractivity contribution is 0.0472. The molecule has 4 heteroatoms. The van der Waals surface area contributed by atoms with Gasteiger partial charge >= 0.3 is 5.97 Å². The van der Waals surface area contributed by atoms with Crippen molar-refractivity contribution >= 4 is 17.7 Å². The zero-order valence-electron chi connectivity index (χ0n) is 9.43. The van der Waals surface area contributed by atoms with Gasteiger partial charge in [0.25, 0.3) is 0 Å². The first-order chi connectivity index (χ1) is 8.31. The number of thioether (sulfide) groups is 1. The fourth-order valence-corrected chi connectivity index (χ4v) is 2.66. The monoisotopic (exact) mass is 250 g/mol. The summed E-state index contributed by atoms with van der Waals surface area (Å²) in [5.41, 5.74) is 0.642. The third-order valence-electron chi connectivity index (χ3n) is 2.34. The fourth-order valence-electron chi connectivity index (χ4n) is 1.56. The fraction of sp³-hybridized carbons (Fsp3) is 0.308. The molecule has 0 radical (unpaired) electrons. The van der Waals surface area contributed by atoms with E-state index in [9.17, 15) is 4.79 Å². The molecule has 0 saturated heterocycles. The van der Waals surface area contributed by atoms with Crippen molar-refractivity contribution in [3.05, 3.63) is 42.5 Å². The van der Waals surface area contributed by atoms with Gasteiger partial charge in [-0.2, -0.15) is 0 Å². The molecule has 1 aliphatic heterocycles. The zero-order chi connectivity index (χ0) is 12.1. The maximum absolute atomic E-state index is 11.7. The van der Waals surface area contributed by atoms with Crippen LogP contribution in [0, 0.1) is 0 Å². The number of ether oxygens (including phenoxy) is 2. The van der Waals surface area contributed by atoms with Gasteiger partial charge in [-0.1, -0.05) is 18.2 Å². The molecule has 0 aromatic heterocycles. The van der Waals surface area contributed by atoms with Gasteiger partial charge < -0.3 is 9.47 Å². The SMILES string of the molecule is C=CCOCC1COC(=O)c2ccccc2S1. The predicted octanol–water partition coefficient (Wildman–Crippen LogP) is 2.52. The molecule has 0 amide bonds. The Morgan fingerprint density at radius 3 is 3.18 bits per heavy atom. The molecule has 1 unspecified atom stereocenters. The minimum atomic E-state index is -0.251. The molecule has 0 N–H and O–H groups in total. The number of hydrogen-bond donors (Lipinski definition) is 0. The summed E-state index contributed by atoms with van der Waals surface area (Å²) in [4.78, 5) is 12.6. The van der Waals surface area contributed by atoms with E-state index in [4.69, 9.17) is 9.47 Å². The largest absolute Gasteiger partial charge is 0.461 e. The van der Waals surface area contributed by atoms with E-state index < -0.39 is 0 Å². The second-order valence-electron chi connectivity index (χ2n) is 3.66. The maximum atomic E-state index is 11.7. The summed E-state index contributed by atoms with van der Waals surface area (Å²) < 4.78 is 10.6. The van der Waals surface area contributed by atoms with E-state index in [0.29, 0.717) is 25.4 Å². The Balaban J connectivity index is 2.07. The first-order valence-electron chi connectivity index (χ1n) is 5.42. The normalized spacial score (nSPS) is 19.1. The molecule has 1 aromatic rings. The minimum Gasteiger partial charge on any atom is -0.461 e. The third-order valence-corrected chi connectivity index (χ3v) is 3.56. The van der Waals surface area contributed by atoms with Gasteiger partial charge in [-0.15, -0.1) is 18.3 Å². The maximum Gasteiger partial charge on any atom is 0.339 e. The average molecular weight is 250 g/mol. The molecule has 1 atom stereocenters. The molecule has 0 saturated carbocycles. The number of benzene rings is 1. The van der Waals surface area contributed by atoms with E-state index >= 15 is 0 Å². The predicted molar refractivity (Wildman–Crippen MR) is 67.4 cm³/mol. The highest BCUT2D eigenvalue weighted by atomic mass is 32.2. The lowest BCUT2D eigenvalue weighted by Gasteiger charge is -2.12. The van der Waals surface area contributed by atoms with Crippen LogP contribution in [0.4, 0.5) is 0 Å². The van der Waals surface area contributed by atoms with E-state index in [1.165, 1.54) is 0 Å². The van der Waals surface area contributed by atoms with Gasteiger partial charge in [-0.25, -0.2) is 4.79 Å². The molecular weight excluding hydrogens is 236 g/mol. The summed E-state index contributed by atoms with van der Waals surface area (Å²) in [6, 6.07) is 7.49. The summed E-state index contributed by atoms with van der Waals surface area (Å²) in [5, 5.41) is 0.141. The standard InChI is InChI=1S/C13H14O3S/c1-2-7-15-8-10-9-16-13(14)11-5-3-4-6-12(11)17-10/h2-6,10H,1,7-9H2. The van der Waals surface area contributed by atoms with Crippen LogP contribution in [0.5, 0.6) is 0 Å². The smallest absolute Gasteiger partial charge is 0.339 e. The Morgan fingerprint density at radius 1 is 1.53 bits per heavy atom. The van der Waals surface area contributed by atoms with Crippen LogP contribution >= 0.6 is 11.8 Å². The summed E-state index contributed by atoms with van der Waals surface area (Å²) in [5.74, 6) is -0.251. The number of carbonyl (C=O) groups is 1. The van der Waals surface area contributed by atoms with E-state index in [1.807, 2.05) is 18.2 Å². The summed E-state index contributed by atoms with van der Waals surface area (Å²) in [6.07, 6.45) is 1.71. The third kappa shape index (κ3) is 3.11. The highest BCUT2D eigenvalue weighted by Gasteiger charge is 2.23. The van der Waals surface area contributed by atoms with Gasteiger partial charge in [-0.3, -0.25) is 0 Å². The molecule has 17 heavy (non-hydrogen) atoms. The summed E-state index contributed by atoms with van der Waals surface area (Å²) in [6.45, 7) is 5.05. The van der Waals surface area contributed by atoms with Crippen LogP contribution in [0.25, 0.3) is 0 Å². The van der Waals surface area contributed by atoms with Crippen LogP contribution < -0.4 is 0 Å². The Hall–Kier alpha value is -1.26. The van der Waals surface area contributed by atoms with E-state index in [1.54, 1.807) is 23.9 Å². The minimum absolute atomic E-state index is 0.141. The van der Waals surface area contributed by atoms with Crippen LogP contribution in [0.1, 0.15) is 10.4 Å². The van der Waals surface area contributed by atoms with E-state index in [2.05, 4.69) is 6.58 Å². The van der Waals surface area contributed by atoms with Crippen LogP contribution in [0.15, 0.2) is 41.8 Å². The van der Waals surface area contributed by atoms with Gasteiger partial charge in [0.2, 0.25) is 0 Å². The van der Waals surface area contributed by atoms with Crippen molar-refractivity contribution in [2.45, 2.75) is 10.1 Å². The van der Waals surface area contributed by atoms with Gasteiger partial charge in [0, 0.05) is 4.90 Å². The lowest BCUT2D eigenvalue weighted by Crippen LogP contribution is -2.18. The molecule has 90 valence electrons. The Kier molecular flexibility index (Phi) is 4.23. The van der Waals surface area contributed by atoms with Crippen molar-refractivity contribution in [1.29, 1.82) is 0 Å². The highest BCUT2D eigenvalue weighted by Crippen LogP contribution is 2.30. The molecule has 1 aromatic carbocycles. The number of hydrogen-bond acceptors (Lipinski definition) is 4. The molecular formula is C13H14O3S. The molecule has 2 rings (SSSR count). The van der Waals surface area contributed by atoms with Gasteiger partial charge in [-0.05, 0) is 12.1 Å². The lowest BCUT2D eigenvalue weighted by atomic mass is 10.2. The van der Waals surface area contributed by atoms with Crippen LogP contribution in [0.3, 0.4) is 0 Å². The van der Waals surface area contributed by atoms with Crippen LogP contribution in [-0.2, 0) is 9.47 Å². The first-order valence-corrected chi connectivity index (χ1v) is 6.30. The Labute approximate surface area is 105 Å². The zero-order valence-corrected chi connectivity index (χ0v) is 10.2. The molecule has 0 aliphatic carbocycles. The van der Waals surface area contributed by atoms with Crippen molar-refractivity contribution in [2.24, 2.45) is 0 Å². The summed E-state index contributed by atoms with van der Waals surface area (Å²) >= 11 is 1.63. The Bertz CT molecular complexity index is 417. The quantitative estimate of drug-likeness (QED) is 0.467. The average Bonchev–Trinajstić information content (AvgIpc) is 2.50. The number of esters is 1. The highest BCUT2D eigenvalue weighted by molar-refractivity contribution is 8.00. The number of cyclic esters (lactones) is 1. The van der Waals surface area contributed by atoms with Crippen molar-refractivity contribution in [2.75, 3.05) is 19.8 Å². The molecule has 0 spiro atoms. The molecule has 1 aliphatic rings. The summed E-state index contributed by atoms with van der Waals surface area (Å²) in [7, 11) is 0. The second-order valence-corrected chi connectivity index (χ2v) is 5.00. The Morgan fingerprint density at radius 2 is 2.35 bits per heavy atom. The molecule has 0 bridgehead atoms. The van der Waals surface area contributed by atoms with E-state index in [0.717, 1.165) is 4.90 Å². The van der Waals surface area contributed by atoms with Crippen LogP contribution in [0.2, 0.25) is 0 Å². The van der Waals surface area contributed by atoms with Gasteiger partial charge in [0.1, 0.15) is 6.61 Å². The van der Waals surface area contributed by atoms with Crippen molar-refractivity contribution < 1.29 is 14.3 Å². The van der Waals surface area contributed by atoms with E-state index in [-0.39, 0.29) is 11.2 Å². The second kappa shape index (κ2) is 5.89. The van der Waals surface area contributed by atoms with Crippen molar-refractivity contribution in [1.82, 2.24) is 0 Å². The van der Waals surface area contributed by atoms with Crippen LogP contribution in [-0.4, -0.2) is 31.0 Å². The van der Waals surface area contributed by atoms with Gasteiger partial charge in [0.05, 0.1) is 24.0 Å². The molecule has 3 nitrogen and oxygen atoms in total.